The smallest absolute Gasteiger partial charge is 0.264 e. The number of amides is 1. The lowest BCUT2D eigenvalue weighted by atomic mass is 10.1. The first-order valence-electron chi connectivity index (χ1n) is 7.14. The number of hydrogen-bond donors (Lipinski definition) is 1. The molecule has 1 fully saturated rings. The van der Waals surface area contributed by atoms with E-state index in [0.717, 1.165) is 15.7 Å². The molecule has 0 spiro atoms. The number of benzene rings is 2. The quantitative estimate of drug-likeness (QED) is 0.741. The Morgan fingerprint density at radius 1 is 1.09 bits per heavy atom. The molecule has 0 bridgehead atoms. The predicted molar refractivity (Wildman–Crippen MR) is 101 cm³/mol. The van der Waals surface area contributed by atoms with Crippen LogP contribution >= 0.6 is 27.7 Å². The molecule has 1 amide bonds. The van der Waals surface area contributed by atoms with E-state index in [1.54, 1.807) is 0 Å². The molecular formula is C18H15BrN2OS. The van der Waals surface area contributed by atoms with Gasteiger partial charge in [-0.25, -0.2) is 4.99 Å². The Labute approximate surface area is 148 Å². The van der Waals surface area contributed by atoms with E-state index in [-0.39, 0.29) is 5.91 Å². The fraction of sp³-hybridized carbons (Fsp3) is 0.111. The molecule has 1 N–H and O–H groups in total. The minimum Gasteiger partial charge on any atom is -0.300 e. The molecule has 0 aromatic heterocycles. The van der Waals surface area contributed by atoms with E-state index in [4.69, 9.17) is 0 Å². The Kier molecular flexibility index (Phi) is 4.68. The second kappa shape index (κ2) is 6.72. The van der Waals surface area contributed by atoms with Gasteiger partial charge in [0.05, 0.1) is 10.6 Å². The highest BCUT2D eigenvalue weighted by molar-refractivity contribution is 9.10. The zero-order chi connectivity index (χ0) is 16.4. The van der Waals surface area contributed by atoms with Gasteiger partial charge in [0.15, 0.2) is 5.17 Å². The zero-order valence-electron chi connectivity index (χ0n) is 12.8. The van der Waals surface area contributed by atoms with E-state index < -0.39 is 0 Å². The third-order valence-electron chi connectivity index (χ3n) is 3.54. The lowest BCUT2D eigenvalue weighted by Crippen LogP contribution is -2.19. The van der Waals surface area contributed by atoms with E-state index in [0.29, 0.717) is 10.1 Å². The number of thioether (sulfide) groups is 1. The van der Waals surface area contributed by atoms with Crippen molar-refractivity contribution in [1.29, 1.82) is 0 Å². The van der Waals surface area contributed by atoms with Crippen molar-refractivity contribution in [3.63, 3.8) is 0 Å². The zero-order valence-corrected chi connectivity index (χ0v) is 15.2. The molecule has 116 valence electrons. The van der Waals surface area contributed by atoms with Crippen molar-refractivity contribution in [2.24, 2.45) is 4.99 Å². The summed E-state index contributed by atoms with van der Waals surface area (Å²) in [6.07, 6.45) is 1.87. The summed E-state index contributed by atoms with van der Waals surface area (Å²) in [5.41, 5.74) is 4.25. The minimum atomic E-state index is -0.111. The Morgan fingerprint density at radius 2 is 1.83 bits per heavy atom. The van der Waals surface area contributed by atoms with Gasteiger partial charge in [-0.2, -0.15) is 0 Å². The standard InChI is InChI=1S/C18H15BrN2OS/c1-11-3-8-15(9-12(11)2)20-18-21-17(22)16(23-18)10-13-4-6-14(19)7-5-13/h3-10H,1-2H3,(H,20,21,22). The molecule has 0 saturated carbocycles. The van der Waals surface area contributed by atoms with Crippen molar-refractivity contribution in [2.45, 2.75) is 13.8 Å². The first kappa shape index (κ1) is 16.0. The molecular weight excluding hydrogens is 372 g/mol. The number of aliphatic imine (C=N–C) groups is 1. The molecule has 3 nitrogen and oxygen atoms in total. The summed E-state index contributed by atoms with van der Waals surface area (Å²) in [4.78, 5) is 17.2. The molecule has 1 aliphatic heterocycles. The van der Waals surface area contributed by atoms with Crippen molar-refractivity contribution in [2.75, 3.05) is 0 Å². The molecule has 2 aromatic rings. The highest BCUT2D eigenvalue weighted by Gasteiger charge is 2.23. The lowest BCUT2D eigenvalue weighted by Gasteiger charge is -2.01. The van der Waals surface area contributed by atoms with Crippen LogP contribution in [-0.4, -0.2) is 11.1 Å². The van der Waals surface area contributed by atoms with Gasteiger partial charge in [-0.15, -0.1) is 0 Å². The van der Waals surface area contributed by atoms with Gasteiger partial charge in [0.1, 0.15) is 0 Å². The van der Waals surface area contributed by atoms with Gasteiger partial charge in [0.25, 0.3) is 5.91 Å². The highest BCUT2D eigenvalue weighted by Crippen LogP contribution is 2.28. The maximum absolute atomic E-state index is 12.1. The van der Waals surface area contributed by atoms with Gasteiger partial charge in [-0.1, -0.05) is 34.1 Å². The third kappa shape index (κ3) is 3.92. The summed E-state index contributed by atoms with van der Waals surface area (Å²) in [5, 5.41) is 3.43. The van der Waals surface area contributed by atoms with Crippen LogP contribution in [0.5, 0.6) is 0 Å². The van der Waals surface area contributed by atoms with Crippen molar-refractivity contribution in [3.05, 3.63) is 68.5 Å². The van der Waals surface area contributed by atoms with Crippen LogP contribution < -0.4 is 5.32 Å². The van der Waals surface area contributed by atoms with E-state index in [1.165, 1.54) is 22.9 Å². The summed E-state index contributed by atoms with van der Waals surface area (Å²) in [6.45, 7) is 4.12. The van der Waals surface area contributed by atoms with Gasteiger partial charge in [0.2, 0.25) is 0 Å². The van der Waals surface area contributed by atoms with Crippen LogP contribution in [0.2, 0.25) is 0 Å². The second-order valence-electron chi connectivity index (χ2n) is 5.30. The molecule has 1 heterocycles. The minimum absolute atomic E-state index is 0.111. The maximum Gasteiger partial charge on any atom is 0.264 e. The first-order chi connectivity index (χ1) is 11.0. The fourth-order valence-electron chi connectivity index (χ4n) is 2.10. The van der Waals surface area contributed by atoms with Crippen LogP contribution in [0.25, 0.3) is 6.08 Å². The molecule has 5 heteroatoms. The highest BCUT2D eigenvalue weighted by atomic mass is 79.9. The number of halogens is 1. The van der Waals surface area contributed by atoms with Crippen molar-refractivity contribution < 1.29 is 4.79 Å². The average molecular weight is 387 g/mol. The fourth-order valence-corrected chi connectivity index (χ4v) is 3.21. The molecule has 2 aromatic carbocycles. The Morgan fingerprint density at radius 3 is 2.52 bits per heavy atom. The Balaban J connectivity index is 1.82. The molecule has 0 atom stereocenters. The van der Waals surface area contributed by atoms with E-state index in [9.17, 15) is 4.79 Å². The van der Waals surface area contributed by atoms with Crippen LogP contribution in [-0.2, 0) is 4.79 Å². The van der Waals surface area contributed by atoms with Crippen LogP contribution in [0.1, 0.15) is 16.7 Å². The largest absolute Gasteiger partial charge is 0.300 e. The van der Waals surface area contributed by atoms with Crippen LogP contribution in [0.15, 0.2) is 56.8 Å². The molecule has 0 unspecified atom stereocenters. The topological polar surface area (TPSA) is 41.5 Å². The Bertz CT molecular complexity index is 825. The SMILES string of the molecule is Cc1ccc(N=C2NC(=O)C(=Cc3ccc(Br)cc3)S2)cc1C. The third-order valence-corrected chi connectivity index (χ3v) is 4.98. The van der Waals surface area contributed by atoms with Crippen molar-refractivity contribution in [1.82, 2.24) is 5.32 Å². The van der Waals surface area contributed by atoms with Crippen LogP contribution in [0.4, 0.5) is 5.69 Å². The summed E-state index contributed by atoms with van der Waals surface area (Å²) in [7, 11) is 0. The maximum atomic E-state index is 12.1. The molecule has 3 rings (SSSR count). The number of carbonyl (C=O) groups is 1. The number of amidine groups is 1. The van der Waals surface area contributed by atoms with Gasteiger partial charge in [-0.3, -0.25) is 4.79 Å². The van der Waals surface area contributed by atoms with Crippen LogP contribution in [0, 0.1) is 13.8 Å². The van der Waals surface area contributed by atoms with Crippen molar-refractivity contribution in [3.8, 4) is 0 Å². The van der Waals surface area contributed by atoms with Gasteiger partial charge >= 0.3 is 0 Å². The number of rotatable bonds is 2. The second-order valence-corrected chi connectivity index (χ2v) is 7.25. The first-order valence-corrected chi connectivity index (χ1v) is 8.74. The van der Waals surface area contributed by atoms with E-state index >= 15 is 0 Å². The summed E-state index contributed by atoms with van der Waals surface area (Å²) in [6, 6.07) is 13.8. The van der Waals surface area contributed by atoms with Gasteiger partial charge in [-0.05, 0) is 72.6 Å². The average Bonchev–Trinajstić information content (AvgIpc) is 2.85. The van der Waals surface area contributed by atoms with Crippen molar-refractivity contribution >= 4 is 50.5 Å². The summed E-state index contributed by atoms with van der Waals surface area (Å²) < 4.78 is 1.01. The Hall–Kier alpha value is -1.85. The molecule has 0 radical (unpaired) electrons. The molecule has 1 aliphatic rings. The van der Waals surface area contributed by atoms with Gasteiger partial charge in [0, 0.05) is 4.47 Å². The molecule has 1 saturated heterocycles. The summed E-state index contributed by atoms with van der Waals surface area (Å²) >= 11 is 4.76. The number of nitrogens with one attached hydrogen (secondary N) is 1. The molecule has 0 aliphatic carbocycles. The van der Waals surface area contributed by atoms with E-state index in [1.807, 2.05) is 48.5 Å². The normalized spacial score (nSPS) is 17.8. The van der Waals surface area contributed by atoms with Crippen LogP contribution in [0.3, 0.4) is 0 Å². The lowest BCUT2D eigenvalue weighted by molar-refractivity contribution is -0.115. The number of carbonyl (C=O) groups excluding carboxylic acids is 1. The monoisotopic (exact) mass is 386 g/mol. The molecule has 23 heavy (non-hydrogen) atoms. The summed E-state index contributed by atoms with van der Waals surface area (Å²) in [5.74, 6) is -0.111. The number of hydrogen-bond acceptors (Lipinski definition) is 3. The number of nitrogens with zero attached hydrogens (tertiary/aromatic N) is 1. The predicted octanol–water partition coefficient (Wildman–Crippen LogP) is 4.96. The van der Waals surface area contributed by atoms with Gasteiger partial charge < -0.3 is 5.32 Å². The number of aryl methyl sites for hydroxylation is 2. The van der Waals surface area contributed by atoms with E-state index in [2.05, 4.69) is 40.1 Å².